The minimum atomic E-state index is -0.933. The summed E-state index contributed by atoms with van der Waals surface area (Å²) in [5, 5.41) is 13.1. The highest BCUT2D eigenvalue weighted by atomic mass is 19.1. The van der Waals surface area contributed by atoms with E-state index in [9.17, 15) is 14.3 Å². The summed E-state index contributed by atoms with van der Waals surface area (Å²) in [4.78, 5) is 16.5. The summed E-state index contributed by atoms with van der Waals surface area (Å²) >= 11 is 0. The third kappa shape index (κ3) is 4.33. The van der Waals surface area contributed by atoms with Crippen LogP contribution in [0.3, 0.4) is 0 Å². The van der Waals surface area contributed by atoms with Gasteiger partial charge in [0, 0.05) is 17.8 Å². The summed E-state index contributed by atoms with van der Waals surface area (Å²) < 4.78 is 18.7. The lowest BCUT2D eigenvalue weighted by Gasteiger charge is -2.25. The zero-order chi connectivity index (χ0) is 17.8. The van der Waals surface area contributed by atoms with Crippen molar-refractivity contribution >= 4 is 5.91 Å². The summed E-state index contributed by atoms with van der Waals surface area (Å²) in [6.07, 6.45) is 3.97. The lowest BCUT2D eigenvalue weighted by atomic mass is 9.96. The minimum Gasteiger partial charge on any atom is -0.474 e. The van der Waals surface area contributed by atoms with Crippen LogP contribution in [0, 0.1) is 5.82 Å². The molecule has 0 spiro atoms. The predicted octanol–water partition coefficient (Wildman–Crippen LogP) is 3.00. The molecule has 1 fully saturated rings. The Morgan fingerprint density at radius 3 is 2.68 bits per heavy atom. The maximum absolute atomic E-state index is 13.0. The van der Waals surface area contributed by atoms with E-state index in [0.717, 1.165) is 19.3 Å². The molecule has 1 aliphatic rings. The van der Waals surface area contributed by atoms with Crippen LogP contribution in [0.1, 0.15) is 48.2 Å². The number of amides is 1. The number of nitrogens with one attached hydrogen (secondary N) is 1. The summed E-state index contributed by atoms with van der Waals surface area (Å²) in [5.74, 6) is -0.262. The van der Waals surface area contributed by atoms with Crippen molar-refractivity contribution in [3.8, 4) is 5.88 Å². The number of rotatable bonds is 6. The van der Waals surface area contributed by atoms with Gasteiger partial charge in [0.2, 0.25) is 5.88 Å². The number of carbonyl (C=O) groups excluding carboxylic acids is 1. The maximum atomic E-state index is 13.0. The van der Waals surface area contributed by atoms with E-state index >= 15 is 0 Å². The first-order valence-electron chi connectivity index (χ1n) is 8.40. The molecular formula is C19H21FN2O3. The molecule has 1 aromatic carbocycles. The van der Waals surface area contributed by atoms with E-state index in [2.05, 4.69) is 10.3 Å². The molecule has 2 unspecified atom stereocenters. The van der Waals surface area contributed by atoms with E-state index in [4.69, 9.17) is 4.74 Å². The van der Waals surface area contributed by atoms with E-state index in [1.807, 2.05) is 0 Å². The number of hydrogen-bond acceptors (Lipinski definition) is 4. The molecule has 1 heterocycles. The number of carbonyl (C=O) groups is 1. The highest BCUT2D eigenvalue weighted by molar-refractivity contribution is 5.94. The molecule has 0 aliphatic heterocycles. The van der Waals surface area contributed by atoms with Crippen molar-refractivity contribution in [1.29, 1.82) is 0 Å². The lowest BCUT2D eigenvalue weighted by Crippen LogP contribution is -2.37. The Labute approximate surface area is 145 Å². The number of halogens is 1. The zero-order valence-corrected chi connectivity index (χ0v) is 14.0. The Balaban J connectivity index is 1.62. The van der Waals surface area contributed by atoms with Crippen molar-refractivity contribution in [3.05, 3.63) is 59.5 Å². The number of benzene rings is 1. The van der Waals surface area contributed by atoms with Crippen molar-refractivity contribution in [1.82, 2.24) is 10.3 Å². The predicted molar refractivity (Wildman–Crippen MR) is 90.8 cm³/mol. The van der Waals surface area contributed by atoms with Crippen molar-refractivity contribution in [2.45, 2.75) is 44.4 Å². The molecule has 1 aliphatic carbocycles. The number of nitrogens with zero attached hydrogens (tertiary/aromatic N) is 1. The van der Waals surface area contributed by atoms with Crippen LogP contribution in [0.4, 0.5) is 4.39 Å². The fourth-order valence-electron chi connectivity index (χ4n) is 2.59. The van der Waals surface area contributed by atoms with Crippen LogP contribution < -0.4 is 10.1 Å². The van der Waals surface area contributed by atoms with E-state index < -0.39 is 12.1 Å². The van der Waals surface area contributed by atoms with Crippen LogP contribution >= 0.6 is 0 Å². The van der Waals surface area contributed by atoms with Crippen molar-refractivity contribution in [2.24, 2.45) is 0 Å². The number of ether oxygens (including phenoxy) is 1. The SMILES string of the molecule is CC(NC(=O)c1ccnc(OC2CCC2)c1)C(O)c1ccc(F)cc1. The number of pyridine rings is 1. The van der Waals surface area contributed by atoms with Gasteiger partial charge in [0.1, 0.15) is 11.9 Å². The molecule has 1 saturated carbocycles. The summed E-state index contributed by atoms with van der Waals surface area (Å²) in [7, 11) is 0. The summed E-state index contributed by atoms with van der Waals surface area (Å²) in [6.45, 7) is 1.69. The number of aliphatic hydroxyl groups is 1. The Morgan fingerprint density at radius 1 is 1.32 bits per heavy atom. The standard InChI is InChI=1S/C19H21FN2O3/c1-12(18(23)13-5-7-15(20)8-6-13)22-19(24)14-9-10-21-17(11-14)25-16-3-2-4-16/h5-12,16,18,23H,2-4H2,1H3,(H,22,24). The van der Waals surface area contributed by atoms with Crippen LogP contribution in [-0.2, 0) is 0 Å². The molecule has 0 radical (unpaired) electrons. The number of aromatic nitrogens is 1. The number of aliphatic hydroxyl groups excluding tert-OH is 1. The van der Waals surface area contributed by atoms with Gasteiger partial charge in [-0.25, -0.2) is 9.37 Å². The highest BCUT2D eigenvalue weighted by Crippen LogP contribution is 2.24. The molecule has 6 heteroatoms. The molecular weight excluding hydrogens is 323 g/mol. The van der Waals surface area contributed by atoms with Crippen molar-refractivity contribution < 1.29 is 19.0 Å². The van der Waals surface area contributed by atoms with E-state index in [1.54, 1.807) is 19.1 Å². The van der Waals surface area contributed by atoms with Crippen LogP contribution in [0.5, 0.6) is 5.88 Å². The third-order valence-corrected chi connectivity index (χ3v) is 4.38. The Morgan fingerprint density at radius 2 is 2.04 bits per heavy atom. The van der Waals surface area contributed by atoms with E-state index in [0.29, 0.717) is 17.0 Å². The largest absolute Gasteiger partial charge is 0.474 e. The Hall–Kier alpha value is -2.47. The van der Waals surface area contributed by atoms with Crippen molar-refractivity contribution in [3.63, 3.8) is 0 Å². The van der Waals surface area contributed by atoms with Gasteiger partial charge in [0.25, 0.3) is 5.91 Å². The van der Waals surface area contributed by atoms with Gasteiger partial charge in [-0.2, -0.15) is 0 Å². The van der Waals surface area contributed by atoms with Gasteiger partial charge in [0.15, 0.2) is 0 Å². The first kappa shape index (κ1) is 17.4. The van der Waals surface area contributed by atoms with Gasteiger partial charge >= 0.3 is 0 Å². The lowest BCUT2D eigenvalue weighted by molar-refractivity contribution is 0.0849. The first-order chi connectivity index (χ1) is 12.0. The first-order valence-corrected chi connectivity index (χ1v) is 8.40. The summed E-state index contributed by atoms with van der Waals surface area (Å²) in [6, 6.07) is 8.21. The van der Waals surface area contributed by atoms with Crippen LogP contribution in [0.2, 0.25) is 0 Å². The molecule has 2 atom stereocenters. The van der Waals surface area contributed by atoms with Crippen LogP contribution in [0.25, 0.3) is 0 Å². The van der Waals surface area contributed by atoms with Crippen LogP contribution in [0.15, 0.2) is 42.6 Å². The third-order valence-electron chi connectivity index (χ3n) is 4.38. The molecule has 2 N–H and O–H groups in total. The molecule has 0 saturated heterocycles. The Bertz CT molecular complexity index is 732. The van der Waals surface area contributed by atoms with Crippen molar-refractivity contribution in [2.75, 3.05) is 0 Å². The van der Waals surface area contributed by atoms with Gasteiger partial charge in [-0.15, -0.1) is 0 Å². The van der Waals surface area contributed by atoms with Gasteiger partial charge in [-0.05, 0) is 49.9 Å². The second-order valence-corrected chi connectivity index (χ2v) is 6.31. The molecule has 0 bridgehead atoms. The highest BCUT2D eigenvalue weighted by Gasteiger charge is 2.22. The van der Waals surface area contributed by atoms with Crippen LogP contribution in [-0.4, -0.2) is 28.1 Å². The monoisotopic (exact) mass is 344 g/mol. The van der Waals surface area contributed by atoms with Gasteiger partial charge in [-0.1, -0.05) is 12.1 Å². The van der Waals surface area contributed by atoms with E-state index in [1.165, 1.54) is 30.5 Å². The normalized spacial score (nSPS) is 16.6. The molecule has 2 aromatic rings. The summed E-state index contributed by atoms with van der Waals surface area (Å²) in [5.41, 5.74) is 0.959. The molecule has 5 nitrogen and oxygen atoms in total. The molecule has 3 rings (SSSR count). The Kier molecular flexibility index (Phi) is 5.28. The van der Waals surface area contributed by atoms with Gasteiger partial charge < -0.3 is 15.2 Å². The smallest absolute Gasteiger partial charge is 0.251 e. The fraction of sp³-hybridized carbons (Fsp3) is 0.368. The topological polar surface area (TPSA) is 71.5 Å². The van der Waals surface area contributed by atoms with E-state index in [-0.39, 0.29) is 17.8 Å². The molecule has 1 aromatic heterocycles. The second kappa shape index (κ2) is 7.61. The molecule has 1 amide bonds. The maximum Gasteiger partial charge on any atom is 0.251 e. The van der Waals surface area contributed by atoms with Gasteiger partial charge in [-0.3, -0.25) is 4.79 Å². The van der Waals surface area contributed by atoms with Gasteiger partial charge in [0.05, 0.1) is 12.1 Å². The number of hydrogen-bond donors (Lipinski definition) is 2. The average molecular weight is 344 g/mol. The molecule has 25 heavy (non-hydrogen) atoms. The quantitative estimate of drug-likeness (QED) is 0.845. The molecule has 132 valence electrons. The minimum absolute atomic E-state index is 0.185. The second-order valence-electron chi connectivity index (χ2n) is 6.31. The fourth-order valence-corrected chi connectivity index (χ4v) is 2.59. The average Bonchev–Trinajstić information content (AvgIpc) is 2.58. The zero-order valence-electron chi connectivity index (χ0n) is 14.0.